The second kappa shape index (κ2) is 4.53. The molecule has 0 bridgehead atoms. The molecule has 0 N–H and O–H groups in total. The molecule has 5 heteroatoms. The van der Waals surface area contributed by atoms with Crippen molar-refractivity contribution in [1.29, 1.82) is 0 Å². The number of aryl methyl sites for hydroxylation is 1. The van der Waals surface area contributed by atoms with Gasteiger partial charge in [-0.25, -0.2) is 0 Å². The van der Waals surface area contributed by atoms with Crippen LogP contribution in [-0.4, -0.2) is 15.9 Å². The zero-order valence-corrected chi connectivity index (χ0v) is 10.1. The first kappa shape index (κ1) is 11.6. The molecule has 1 unspecified atom stereocenters. The van der Waals surface area contributed by atoms with Crippen LogP contribution in [0, 0.1) is 6.92 Å². The van der Waals surface area contributed by atoms with Crippen LogP contribution in [0.3, 0.4) is 0 Å². The largest absolute Gasteiger partial charge is 0.469 e. The average Bonchev–Trinajstić information content (AvgIpc) is 2.87. The molecular formula is C12H14N2O3. The number of furan rings is 1. The number of carbonyl (C=O) groups excluding carboxylic acids is 1. The minimum atomic E-state index is -0.316. The molecule has 0 saturated heterocycles. The quantitative estimate of drug-likeness (QED) is 0.813. The Bertz CT molecular complexity index is 527. The zero-order chi connectivity index (χ0) is 12.4. The van der Waals surface area contributed by atoms with Crippen molar-refractivity contribution in [2.45, 2.75) is 33.1 Å². The van der Waals surface area contributed by atoms with Crippen LogP contribution < -0.4 is 0 Å². The maximum atomic E-state index is 11.4. The maximum Gasteiger partial charge on any atom is 0.237 e. The molecule has 0 aliphatic heterocycles. The third kappa shape index (κ3) is 2.13. The van der Waals surface area contributed by atoms with E-state index in [0.29, 0.717) is 18.1 Å². The fourth-order valence-electron chi connectivity index (χ4n) is 1.74. The zero-order valence-electron chi connectivity index (χ0n) is 10.1. The van der Waals surface area contributed by atoms with Gasteiger partial charge in [0.05, 0.1) is 17.7 Å². The van der Waals surface area contributed by atoms with E-state index in [1.165, 1.54) is 6.92 Å². The van der Waals surface area contributed by atoms with Crippen molar-refractivity contribution in [3.05, 3.63) is 24.0 Å². The second-order valence-electron chi connectivity index (χ2n) is 3.92. The summed E-state index contributed by atoms with van der Waals surface area (Å²) in [7, 11) is 0. The van der Waals surface area contributed by atoms with Crippen LogP contribution in [0.1, 0.15) is 37.8 Å². The summed E-state index contributed by atoms with van der Waals surface area (Å²) in [5.74, 6) is 1.28. The fraction of sp³-hybridized carbons (Fsp3) is 0.417. The van der Waals surface area contributed by atoms with Crippen molar-refractivity contribution < 1.29 is 13.7 Å². The van der Waals surface area contributed by atoms with Gasteiger partial charge in [-0.3, -0.25) is 4.79 Å². The van der Waals surface area contributed by atoms with Crippen LogP contribution in [0.15, 0.2) is 21.3 Å². The molecule has 1 atom stereocenters. The van der Waals surface area contributed by atoms with Gasteiger partial charge in [-0.2, -0.15) is 4.98 Å². The summed E-state index contributed by atoms with van der Waals surface area (Å²) < 4.78 is 10.3. The van der Waals surface area contributed by atoms with Crippen LogP contribution in [0.5, 0.6) is 0 Å². The highest BCUT2D eigenvalue weighted by Gasteiger charge is 2.22. The molecule has 0 aliphatic rings. The molecule has 5 nitrogen and oxygen atoms in total. The lowest BCUT2D eigenvalue weighted by Gasteiger charge is -2.03. The van der Waals surface area contributed by atoms with Crippen molar-refractivity contribution in [2.24, 2.45) is 0 Å². The summed E-state index contributed by atoms with van der Waals surface area (Å²) in [6.45, 7) is 5.27. The summed E-state index contributed by atoms with van der Waals surface area (Å²) in [6.07, 6.45) is 2.23. The third-order valence-electron chi connectivity index (χ3n) is 2.74. The molecule has 0 saturated carbocycles. The molecule has 2 aromatic heterocycles. The van der Waals surface area contributed by atoms with Gasteiger partial charge in [-0.15, -0.1) is 0 Å². The van der Waals surface area contributed by atoms with E-state index in [1.54, 1.807) is 12.3 Å². The van der Waals surface area contributed by atoms with E-state index >= 15 is 0 Å². The first-order valence-electron chi connectivity index (χ1n) is 5.52. The van der Waals surface area contributed by atoms with Gasteiger partial charge in [0, 0.05) is 0 Å². The fourth-order valence-corrected chi connectivity index (χ4v) is 1.74. The lowest BCUT2D eigenvalue weighted by Crippen LogP contribution is -2.07. The minimum Gasteiger partial charge on any atom is -0.469 e. The van der Waals surface area contributed by atoms with Gasteiger partial charge in [0.25, 0.3) is 0 Å². The molecule has 0 spiro atoms. The first-order valence-corrected chi connectivity index (χ1v) is 5.52. The summed E-state index contributed by atoms with van der Waals surface area (Å²) in [6, 6.07) is 1.78. The minimum absolute atomic E-state index is 0.0339. The predicted octanol–water partition coefficient (Wildman–Crippen LogP) is 2.72. The van der Waals surface area contributed by atoms with Crippen molar-refractivity contribution in [2.75, 3.05) is 0 Å². The van der Waals surface area contributed by atoms with Crippen LogP contribution in [0.4, 0.5) is 0 Å². The summed E-state index contributed by atoms with van der Waals surface area (Å²) in [4.78, 5) is 15.6. The van der Waals surface area contributed by atoms with Crippen molar-refractivity contribution >= 4 is 5.78 Å². The molecule has 0 fully saturated rings. The Kier molecular flexibility index (Phi) is 3.08. The number of hydrogen-bond acceptors (Lipinski definition) is 5. The number of nitrogens with zero attached hydrogens (tertiary/aromatic N) is 2. The van der Waals surface area contributed by atoms with E-state index in [9.17, 15) is 4.79 Å². The molecule has 0 aliphatic carbocycles. The van der Waals surface area contributed by atoms with Crippen molar-refractivity contribution in [1.82, 2.24) is 10.1 Å². The van der Waals surface area contributed by atoms with E-state index in [1.807, 2.05) is 13.8 Å². The molecule has 0 amide bonds. The first-order chi connectivity index (χ1) is 8.13. The van der Waals surface area contributed by atoms with Crippen molar-refractivity contribution in [3.8, 4) is 11.4 Å². The van der Waals surface area contributed by atoms with Crippen LogP contribution in [0.2, 0.25) is 0 Å². The molecule has 0 aromatic carbocycles. The van der Waals surface area contributed by atoms with Gasteiger partial charge in [0.15, 0.2) is 0 Å². The maximum absolute atomic E-state index is 11.4. The molecule has 0 radical (unpaired) electrons. The molecule has 2 rings (SSSR count). The summed E-state index contributed by atoms with van der Waals surface area (Å²) in [5.41, 5.74) is 0.790. The van der Waals surface area contributed by atoms with Gasteiger partial charge in [-0.05, 0) is 26.3 Å². The monoisotopic (exact) mass is 234 g/mol. The van der Waals surface area contributed by atoms with Crippen LogP contribution in [-0.2, 0) is 4.79 Å². The highest BCUT2D eigenvalue weighted by molar-refractivity contribution is 5.82. The summed E-state index contributed by atoms with van der Waals surface area (Å²) in [5, 5.41) is 3.87. The Morgan fingerprint density at radius 2 is 2.29 bits per heavy atom. The number of aromatic nitrogens is 2. The van der Waals surface area contributed by atoms with Gasteiger partial charge in [-0.1, -0.05) is 12.1 Å². The lowest BCUT2D eigenvalue weighted by atomic mass is 10.0. The van der Waals surface area contributed by atoms with E-state index in [0.717, 1.165) is 11.3 Å². The van der Waals surface area contributed by atoms with E-state index in [4.69, 9.17) is 8.94 Å². The smallest absolute Gasteiger partial charge is 0.237 e. The molecule has 17 heavy (non-hydrogen) atoms. The van der Waals surface area contributed by atoms with Gasteiger partial charge >= 0.3 is 0 Å². The highest BCUT2D eigenvalue weighted by Crippen LogP contribution is 2.25. The molecular weight excluding hydrogens is 220 g/mol. The van der Waals surface area contributed by atoms with Gasteiger partial charge < -0.3 is 8.94 Å². The molecule has 2 heterocycles. The number of hydrogen-bond donors (Lipinski definition) is 0. The van der Waals surface area contributed by atoms with Crippen molar-refractivity contribution in [3.63, 3.8) is 0 Å². The number of carbonyl (C=O) groups is 1. The molecule has 90 valence electrons. The van der Waals surface area contributed by atoms with Gasteiger partial charge in [0.1, 0.15) is 11.5 Å². The third-order valence-corrected chi connectivity index (χ3v) is 2.74. The van der Waals surface area contributed by atoms with E-state index in [-0.39, 0.29) is 11.7 Å². The Balaban J connectivity index is 2.33. The average molecular weight is 234 g/mol. The SMILES string of the molecule is CCC(C(C)=O)c1nc(-c2ccoc2C)no1. The van der Waals surface area contributed by atoms with Gasteiger partial charge in [0.2, 0.25) is 11.7 Å². The Morgan fingerprint density at radius 3 is 2.82 bits per heavy atom. The standard InChI is InChI=1S/C12H14N2O3/c1-4-9(7(2)15)12-13-11(14-17-12)10-5-6-16-8(10)3/h5-6,9H,4H2,1-3H3. The number of ketones is 1. The van der Waals surface area contributed by atoms with E-state index in [2.05, 4.69) is 10.1 Å². The molecule has 2 aromatic rings. The Labute approximate surface area is 98.8 Å². The normalized spacial score (nSPS) is 12.6. The predicted molar refractivity (Wildman–Crippen MR) is 60.5 cm³/mol. The number of rotatable bonds is 4. The lowest BCUT2D eigenvalue weighted by molar-refractivity contribution is -0.119. The Hall–Kier alpha value is -1.91. The second-order valence-corrected chi connectivity index (χ2v) is 3.92. The van der Waals surface area contributed by atoms with E-state index < -0.39 is 0 Å². The highest BCUT2D eigenvalue weighted by atomic mass is 16.5. The summed E-state index contributed by atoms with van der Waals surface area (Å²) >= 11 is 0. The number of Topliss-reactive ketones (excluding diaryl/α,β-unsaturated/α-hetero) is 1. The Morgan fingerprint density at radius 1 is 1.53 bits per heavy atom. The van der Waals surface area contributed by atoms with Crippen LogP contribution in [0.25, 0.3) is 11.4 Å². The van der Waals surface area contributed by atoms with Crippen LogP contribution >= 0.6 is 0 Å². The topological polar surface area (TPSA) is 69.1 Å².